The molecule has 0 spiro atoms. The molecule has 2 aliphatic heterocycles. The third-order valence-electron chi connectivity index (χ3n) is 6.80. The lowest BCUT2D eigenvalue weighted by Crippen LogP contribution is -2.43. The van der Waals surface area contributed by atoms with E-state index in [-0.39, 0.29) is 11.5 Å². The first-order chi connectivity index (χ1) is 17.3. The lowest BCUT2D eigenvalue weighted by Gasteiger charge is -2.32. The highest BCUT2D eigenvalue weighted by Gasteiger charge is 2.44. The smallest absolute Gasteiger partial charge is 0.419 e. The van der Waals surface area contributed by atoms with Crippen molar-refractivity contribution in [3.8, 4) is 6.07 Å². The normalized spacial score (nSPS) is 20.8. The number of nitrogens with one attached hydrogen (secondary N) is 1. The summed E-state index contributed by atoms with van der Waals surface area (Å²) in [7, 11) is 0. The molecule has 4 rings (SSSR count). The fourth-order valence-electron chi connectivity index (χ4n) is 4.96. The second kappa shape index (κ2) is 11.0. The molecule has 2 aliphatic rings. The monoisotopic (exact) mass is 500 g/mol. The number of likely N-dealkylation sites (tertiary alicyclic amines) is 1. The Kier molecular flexibility index (Phi) is 7.79. The number of rotatable bonds is 6. The van der Waals surface area contributed by atoms with Gasteiger partial charge in [-0.05, 0) is 87.1 Å². The SMILES string of the molecule is CC1OC(=O)N(C(=O)NCCCN2CCC(c3ccc(F)cc3C#N)CC2)C1c1ccc(F)c(F)c1. The van der Waals surface area contributed by atoms with Gasteiger partial charge < -0.3 is 15.0 Å². The molecule has 0 saturated carbocycles. The van der Waals surface area contributed by atoms with Crippen LogP contribution in [0.15, 0.2) is 36.4 Å². The molecule has 2 fully saturated rings. The van der Waals surface area contributed by atoms with Crippen molar-refractivity contribution in [3.63, 3.8) is 0 Å². The van der Waals surface area contributed by atoms with Crippen molar-refractivity contribution >= 4 is 12.1 Å². The van der Waals surface area contributed by atoms with Crippen LogP contribution >= 0.6 is 0 Å². The van der Waals surface area contributed by atoms with Gasteiger partial charge in [-0.2, -0.15) is 5.26 Å². The van der Waals surface area contributed by atoms with Gasteiger partial charge in [0.1, 0.15) is 18.0 Å². The number of carbonyl (C=O) groups excluding carboxylic acids is 2. The van der Waals surface area contributed by atoms with Gasteiger partial charge in [0.25, 0.3) is 0 Å². The molecular formula is C26H27F3N4O3. The maximum absolute atomic E-state index is 13.7. The number of hydrogen-bond acceptors (Lipinski definition) is 5. The number of hydrogen-bond donors (Lipinski definition) is 1. The van der Waals surface area contributed by atoms with E-state index in [0.29, 0.717) is 18.5 Å². The number of ether oxygens (including phenoxy) is 1. The Bertz CT molecular complexity index is 1180. The standard InChI is InChI=1S/C26H27F3N4O3/c1-16-24(18-3-6-22(28)23(29)14-18)33(26(35)36-16)25(34)31-9-2-10-32-11-7-17(8-12-32)21-5-4-20(27)13-19(21)15-30/h3-6,13-14,16-17,24H,2,7-12H2,1H3,(H,31,34). The first-order valence-electron chi connectivity index (χ1n) is 11.9. The second-order valence-corrected chi connectivity index (χ2v) is 9.12. The van der Waals surface area contributed by atoms with E-state index in [0.717, 1.165) is 55.1 Å². The number of benzene rings is 2. The molecule has 1 N–H and O–H groups in total. The van der Waals surface area contributed by atoms with Crippen LogP contribution < -0.4 is 5.32 Å². The number of imide groups is 1. The number of halogens is 3. The molecule has 2 atom stereocenters. The van der Waals surface area contributed by atoms with Crippen molar-refractivity contribution in [1.29, 1.82) is 5.26 Å². The summed E-state index contributed by atoms with van der Waals surface area (Å²) < 4.78 is 45.7. The molecule has 36 heavy (non-hydrogen) atoms. The van der Waals surface area contributed by atoms with E-state index in [1.807, 2.05) is 0 Å². The summed E-state index contributed by atoms with van der Waals surface area (Å²) in [5.41, 5.74) is 1.53. The van der Waals surface area contributed by atoms with Crippen LogP contribution in [0.2, 0.25) is 0 Å². The Balaban J connectivity index is 1.26. The summed E-state index contributed by atoms with van der Waals surface area (Å²) in [6.07, 6.45) is 0.789. The van der Waals surface area contributed by atoms with Crippen molar-refractivity contribution in [2.24, 2.45) is 0 Å². The van der Waals surface area contributed by atoms with E-state index >= 15 is 0 Å². The van der Waals surface area contributed by atoms with Gasteiger partial charge in [-0.3, -0.25) is 0 Å². The predicted molar refractivity (Wildman–Crippen MR) is 124 cm³/mol. The molecular weight excluding hydrogens is 473 g/mol. The molecule has 2 aromatic rings. The summed E-state index contributed by atoms with van der Waals surface area (Å²) in [6, 6.07) is 8.17. The van der Waals surface area contributed by atoms with Crippen LogP contribution in [0, 0.1) is 28.8 Å². The summed E-state index contributed by atoms with van der Waals surface area (Å²) in [5.74, 6) is -2.29. The summed E-state index contributed by atoms with van der Waals surface area (Å²) in [5, 5.41) is 12.0. The molecule has 2 unspecified atom stereocenters. The molecule has 7 nitrogen and oxygen atoms in total. The second-order valence-electron chi connectivity index (χ2n) is 9.12. The van der Waals surface area contributed by atoms with Crippen molar-refractivity contribution in [3.05, 3.63) is 70.5 Å². The molecule has 2 saturated heterocycles. The minimum absolute atomic E-state index is 0.201. The van der Waals surface area contributed by atoms with Crippen LogP contribution in [0.25, 0.3) is 0 Å². The summed E-state index contributed by atoms with van der Waals surface area (Å²) in [4.78, 5) is 28.2. The van der Waals surface area contributed by atoms with Gasteiger partial charge in [-0.1, -0.05) is 12.1 Å². The highest BCUT2D eigenvalue weighted by molar-refractivity contribution is 5.93. The van der Waals surface area contributed by atoms with Crippen LogP contribution in [0.3, 0.4) is 0 Å². The van der Waals surface area contributed by atoms with Crippen LogP contribution in [0.4, 0.5) is 22.8 Å². The third kappa shape index (κ3) is 5.46. The maximum atomic E-state index is 13.7. The molecule has 0 bridgehead atoms. The first kappa shape index (κ1) is 25.5. The topological polar surface area (TPSA) is 85.7 Å². The molecule has 10 heteroatoms. The van der Waals surface area contributed by atoms with Gasteiger partial charge in [0, 0.05) is 6.54 Å². The van der Waals surface area contributed by atoms with Gasteiger partial charge in [-0.25, -0.2) is 27.7 Å². The lowest BCUT2D eigenvalue weighted by atomic mass is 9.86. The zero-order valence-corrected chi connectivity index (χ0v) is 19.8. The number of nitrogens with zero attached hydrogens (tertiary/aromatic N) is 3. The molecule has 0 radical (unpaired) electrons. The zero-order chi connectivity index (χ0) is 25.8. The van der Waals surface area contributed by atoms with Crippen LogP contribution in [-0.4, -0.2) is 54.2 Å². The van der Waals surface area contributed by atoms with Crippen LogP contribution in [0.5, 0.6) is 0 Å². The summed E-state index contributed by atoms with van der Waals surface area (Å²) in [6.45, 7) is 4.27. The van der Waals surface area contributed by atoms with Gasteiger partial charge in [0.05, 0.1) is 11.6 Å². The van der Waals surface area contributed by atoms with E-state index in [1.165, 1.54) is 18.2 Å². The molecule has 3 amide bonds. The highest BCUT2D eigenvalue weighted by Crippen LogP contribution is 2.34. The quantitative estimate of drug-likeness (QED) is 0.574. The Morgan fingerprint density at radius 2 is 1.89 bits per heavy atom. The van der Waals surface area contributed by atoms with E-state index in [1.54, 1.807) is 13.0 Å². The minimum atomic E-state index is -1.06. The molecule has 0 aromatic heterocycles. The average molecular weight is 501 g/mol. The van der Waals surface area contributed by atoms with Crippen molar-refractivity contribution in [1.82, 2.24) is 15.1 Å². The van der Waals surface area contributed by atoms with Gasteiger partial charge >= 0.3 is 12.1 Å². The molecule has 2 heterocycles. The third-order valence-corrected chi connectivity index (χ3v) is 6.80. The number of cyclic esters (lactones) is 1. The van der Waals surface area contributed by atoms with E-state index in [9.17, 15) is 28.0 Å². The zero-order valence-electron chi connectivity index (χ0n) is 19.8. The Hall–Kier alpha value is -3.58. The number of urea groups is 1. The number of amides is 3. The van der Waals surface area contributed by atoms with Crippen molar-refractivity contribution in [2.75, 3.05) is 26.2 Å². The number of nitriles is 1. The fraction of sp³-hybridized carbons (Fsp3) is 0.423. The Labute approximate surface area is 207 Å². The Morgan fingerprint density at radius 3 is 2.58 bits per heavy atom. The average Bonchev–Trinajstić information content (AvgIpc) is 3.17. The minimum Gasteiger partial charge on any atom is -0.443 e. The van der Waals surface area contributed by atoms with E-state index in [2.05, 4.69) is 16.3 Å². The van der Waals surface area contributed by atoms with E-state index in [4.69, 9.17) is 4.74 Å². The fourth-order valence-corrected chi connectivity index (χ4v) is 4.96. The van der Waals surface area contributed by atoms with Crippen LogP contribution in [0.1, 0.15) is 54.8 Å². The predicted octanol–water partition coefficient (Wildman–Crippen LogP) is 4.84. The highest BCUT2D eigenvalue weighted by atomic mass is 19.2. The summed E-state index contributed by atoms with van der Waals surface area (Å²) >= 11 is 0. The molecule has 190 valence electrons. The Morgan fingerprint density at radius 1 is 1.14 bits per heavy atom. The van der Waals surface area contributed by atoms with Crippen molar-refractivity contribution < 1.29 is 27.5 Å². The molecule has 0 aliphatic carbocycles. The maximum Gasteiger partial charge on any atom is 0.419 e. The van der Waals surface area contributed by atoms with Gasteiger partial charge in [0.15, 0.2) is 11.6 Å². The lowest BCUT2D eigenvalue weighted by molar-refractivity contribution is 0.138. The van der Waals surface area contributed by atoms with Crippen molar-refractivity contribution in [2.45, 2.75) is 44.2 Å². The number of piperidine rings is 1. The van der Waals surface area contributed by atoms with Gasteiger partial charge in [-0.15, -0.1) is 0 Å². The number of carbonyl (C=O) groups is 2. The first-order valence-corrected chi connectivity index (χ1v) is 11.9. The van der Waals surface area contributed by atoms with Crippen LogP contribution in [-0.2, 0) is 4.74 Å². The molecule has 2 aromatic carbocycles. The largest absolute Gasteiger partial charge is 0.443 e. The van der Waals surface area contributed by atoms with Gasteiger partial charge in [0.2, 0.25) is 0 Å². The van der Waals surface area contributed by atoms with E-state index < -0.39 is 41.7 Å².